The second kappa shape index (κ2) is 8.11. The summed E-state index contributed by atoms with van der Waals surface area (Å²) in [5.41, 5.74) is 2.09. The number of amides is 1. The van der Waals surface area contributed by atoms with Gasteiger partial charge in [-0.3, -0.25) is 9.69 Å². The predicted octanol–water partition coefficient (Wildman–Crippen LogP) is 4.68. The van der Waals surface area contributed by atoms with Gasteiger partial charge in [-0.15, -0.1) is 0 Å². The summed E-state index contributed by atoms with van der Waals surface area (Å²) in [4.78, 5) is 15.0. The molecule has 0 bridgehead atoms. The molecule has 1 saturated heterocycles. The van der Waals surface area contributed by atoms with Crippen molar-refractivity contribution in [1.29, 1.82) is 0 Å². The topological polar surface area (TPSA) is 32.3 Å². The van der Waals surface area contributed by atoms with E-state index in [4.69, 9.17) is 0 Å². The predicted molar refractivity (Wildman–Crippen MR) is 110 cm³/mol. The Balaban J connectivity index is 1.40. The van der Waals surface area contributed by atoms with Crippen molar-refractivity contribution < 1.29 is 9.18 Å². The van der Waals surface area contributed by atoms with Crippen molar-refractivity contribution in [3.8, 4) is 0 Å². The van der Waals surface area contributed by atoms with Crippen LogP contribution in [-0.2, 0) is 11.3 Å². The highest BCUT2D eigenvalue weighted by atomic mass is 19.1. The maximum absolute atomic E-state index is 13.3. The highest BCUT2D eigenvalue weighted by Gasteiger charge is 2.31. The highest BCUT2D eigenvalue weighted by Crippen LogP contribution is 2.31. The van der Waals surface area contributed by atoms with Gasteiger partial charge in [0.2, 0.25) is 5.91 Å². The van der Waals surface area contributed by atoms with Crippen LogP contribution in [0, 0.1) is 11.7 Å². The number of benzene rings is 3. The Bertz CT molecular complexity index is 982. The Morgan fingerprint density at radius 3 is 2.79 bits per heavy atom. The molecule has 1 aliphatic heterocycles. The molecule has 1 amide bonds. The van der Waals surface area contributed by atoms with E-state index in [9.17, 15) is 9.18 Å². The molecule has 4 heteroatoms. The van der Waals surface area contributed by atoms with Gasteiger partial charge in [-0.2, -0.15) is 0 Å². The molecule has 1 fully saturated rings. The number of carbonyl (C=O) groups excluding carboxylic acids is 1. The van der Waals surface area contributed by atoms with E-state index in [1.807, 2.05) is 6.07 Å². The molecule has 0 saturated carbocycles. The first-order valence-corrected chi connectivity index (χ1v) is 9.85. The summed E-state index contributed by atoms with van der Waals surface area (Å²) in [6.45, 7) is 4.24. The first kappa shape index (κ1) is 18.6. The van der Waals surface area contributed by atoms with E-state index in [-0.39, 0.29) is 23.7 Å². The van der Waals surface area contributed by atoms with E-state index in [0.717, 1.165) is 25.1 Å². The lowest BCUT2D eigenvalue weighted by atomic mass is 9.99. The van der Waals surface area contributed by atoms with Crippen LogP contribution < -0.4 is 5.32 Å². The molecular weight excluding hydrogens is 351 g/mol. The zero-order valence-corrected chi connectivity index (χ0v) is 16.1. The summed E-state index contributed by atoms with van der Waals surface area (Å²) in [5, 5.41) is 5.49. The summed E-state index contributed by atoms with van der Waals surface area (Å²) in [7, 11) is 0. The molecule has 1 heterocycles. The van der Waals surface area contributed by atoms with Gasteiger partial charge in [0.1, 0.15) is 5.82 Å². The van der Waals surface area contributed by atoms with Gasteiger partial charge in [0, 0.05) is 19.1 Å². The zero-order valence-electron chi connectivity index (χ0n) is 16.1. The minimum absolute atomic E-state index is 0.0222. The third kappa shape index (κ3) is 3.92. The zero-order chi connectivity index (χ0) is 19.5. The molecule has 144 valence electrons. The molecule has 0 spiro atoms. The number of fused-ring (bicyclic) bond motifs is 1. The number of likely N-dealkylation sites (tertiary alicyclic amines) is 1. The molecular formula is C24H25FN2O. The van der Waals surface area contributed by atoms with Gasteiger partial charge in [0.15, 0.2) is 0 Å². The second-order valence-electron chi connectivity index (χ2n) is 7.57. The van der Waals surface area contributed by atoms with Gasteiger partial charge in [-0.05, 0) is 53.9 Å². The van der Waals surface area contributed by atoms with Gasteiger partial charge in [-0.25, -0.2) is 4.39 Å². The van der Waals surface area contributed by atoms with Crippen LogP contribution >= 0.6 is 0 Å². The van der Waals surface area contributed by atoms with Crippen molar-refractivity contribution in [3.05, 3.63) is 83.7 Å². The van der Waals surface area contributed by atoms with Crippen molar-refractivity contribution in [3.63, 3.8) is 0 Å². The van der Waals surface area contributed by atoms with Gasteiger partial charge < -0.3 is 5.32 Å². The lowest BCUT2D eigenvalue weighted by molar-refractivity contribution is -0.124. The number of nitrogens with one attached hydrogen (secondary N) is 1. The van der Waals surface area contributed by atoms with Crippen LogP contribution in [-0.4, -0.2) is 23.9 Å². The number of hydrogen-bond acceptors (Lipinski definition) is 2. The molecule has 0 radical (unpaired) electrons. The summed E-state index contributed by atoms with van der Waals surface area (Å²) < 4.78 is 13.3. The standard InChI is InChI=1S/C24H25FN2O/c1-17(22-11-5-8-19-7-2-3-10-23(19)22)27-13-12-20(16-27)24(28)26-15-18-6-4-9-21(25)14-18/h2-11,14,17,20H,12-13,15-16H2,1H3,(H,26,28)/t17?,20-/m0/s1. The number of hydrogen-bond donors (Lipinski definition) is 1. The first-order chi connectivity index (χ1) is 13.6. The molecule has 3 nitrogen and oxygen atoms in total. The summed E-state index contributed by atoms with van der Waals surface area (Å²) in [6, 6.07) is 21.5. The molecule has 1 aliphatic rings. The summed E-state index contributed by atoms with van der Waals surface area (Å²) in [5.74, 6) is -0.245. The quantitative estimate of drug-likeness (QED) is 0.701. The highest BCUT2D eigenvalue weighted by molar-refractivity contribution is 5.86. The van der Waals surface area contributed by atoms with Crippen molar-refractivity contribution in [2.75, 3.05) is 13.1 Å². The van der Waals surface area contributed by atoms with E-state index in [0.29, 0.717) is 6.54 Å². The minimum atomic E-state index is -0.275. The van der Waals surface area contributed by atoms with Crippen LogP contribution in [0.3, 0.4) is 0 Å². The van der Waals surface area contributed by atoms with Gasteiger partial charge >= 0.3 is 0 Å². The SMILES string of the molecule is CC(c1cccc2ccccc12)N1CC[C@H](C(=O)NCc2cccc(F)c2)C1. The summed E-state index contributed by atoms with van der Waals surface area (Å²) in [6.07, 6.45) is 0.851. The normalized spacial score (nSPS) is 18.3. The maximum Gasteiger partial charge on any atom is 0.224 e. The Kier molecular flexibility index (Phi) is 5.40. The average Bonchev–Trinajstić information content (AvgIpc) is 3.21. The van der Waals surface area contributed by atoms with Crippen LogP contribution in [0.1, 0.15) is 30.5 Å². The monoisotopic (exact) mass is 376 g/mol. The molecule has 4 rings (SSSR count). The van der Waals surface area contributed by atoms with Crippen molar-refractivity contribution in [1.82, 2.24) is 10.2 Å². The van der Waals surface area contributed by atoms with Crippen LogP contribution in [0.2, 0.25) is 0 Å². The van der Waals surface area contributed by atoms with E-state index in [2.05, 4.69) is 59.6 Å². The molecule has 1 N–H and O–H groups in total. The fraction of sp³-hybridized carbons (Fsp3) is 0.292. The van der Waals surface area contributed by atoms with Gasteiger partial charge in [0.05, 0.1) is 5.92 Å². The molecule has 28 heavy (non-hydrogen) atoms. The number of rotatable bonds is 5. The van der Waals surface area contributed by atoms with Crippen LogP contribution in [0.25, 0.3) is 10.8 Å². The molecule has 3 aromatic rings. The van der Waals surface area contributed by atoms with Crippen molar-refractivity contribution in [2.45, 2.75) is 25.9 Å². The van der Waals surface area contributed by atoms with Crippen molar-refractivity contribution in [2.24, 2.45) is 5.92 Å². The lowest BCUT2D eigenvalue weighted by Gasteiger charge is -2.26. The average molecular weight is 376 g/mol. The molecule has 2 atom stereocenters. The van der Waals surface area contributed by atoms with E-state index in [1.165, 1.54) is 28.5 Å². The number of carbonyl (C=O) groups is 1. The molecule has 3 aromatic carbocycles. The van der Waals surface area contributed by atoms with Gasteiger partial charge in [-0.1, -0.05) is 54.6 Å². The Morgan fingerprint density at radius 2 is 1.93 bits per heavy atom. The van der Waals surface area contributed by atoms with Crippen LogP contribution in [0.5, 0.6) is 0 Å². The Labute approximate surface area is 165 Å². The van der Waals surface area contributed by atoms with E-state index < -0.39 is 0 Å². The lowest BCUT2D eigenvalue weighted by Crippen LogP contribution is -2.33. The largest absolute Gasteiger partial charge is 0.352 e. The molecule has 1 unspecified atom stereocenters. The number of nitrogens with zero attached hydrogens (tertiary/aromatic N) is 1. The van der Waals surface area contributed by atoms with Crippen LogP contribution in [0.15, 0.2) is 66.7 Å². The second-order valence-corrected chi connectivity index (χ2v) is 7.57. The van der Waals surface area contributed by atoms with Crippen LogP contribution in [0.4, 0.5) is 4.39 Å². The molecule has 0 aliphatic carbocycles. The first-order valence-electron chi connectivity index (χ1n) is 9.85. The Morgan fingerprint density at radius 1 is 1.14 bits per heavy atom. The van der Waals surface area contributed by atoms with Gasteiger partial charge in [0.25, 0.3) is 0 Å². The third-order valence-electron chi connectivity index (χ3n) is 5.77. The Hall–Kier alpha value is -2.72. The fourth-order valence-corrected chi connectivity index (χ4v) is 4.14. The van der Waals surface area contributed by atoms with Crippen molar-refractivity contribution >= 4 is 16.7 Å². The third-order valence-corrected chi connectivity index (χ3v) is 5.77. The minimum Gasteiger partial charge on any atom is -0.352 e. The smallest absolute Gasteiger partial charge is 0.224 e. The summed E-state index contributed by atoms with van der Waals surface area (Å²) >= 11 is 0. The number of halogens is 1. The van der Waals surface area contributed by atoms with E-state index >= 15 is 0 Å². The maximum atomic E-state index is 13.3. The van der Waals surface area contributed by atoms with E-state index in [1.54, 1.807) is 6.07 Å². The molecule has 0 aromatic heterocycles. The fourth-order valence-electron chi connectivity index (χ4n) is 4.14.